The van der Waals surface area contributed by atoms with E-state index in [9.17, 15) is 19.7 Å². The molecule has 0 atom stereocenters. The summed E-state index contributed by atoms with van der Waals surface area (Å²) < 4.78 is 10.1. The van der Waals surface area contributed by atoms with Gasteiger partial charge in [0.2, 0.25) is 0 Å². The van der Waals surface area contributed by atoms with Gasteiger partial charge in [0.25, 0.3) is 5.69 Å². The van der Waals surface area contributed by atoms with Gasteiger partial charge in [0, 0.05) is 25.0 Å². The number of nitro groups is 1. The van der Waals surface area contributed by atoms with Crippen LogP contribution in [0.25, 0.3) is 0 Å². The first-order chi connectivity index (χ1) is 11.4. The van der Waals surface area contributed by atoms with Gasteiger partial charge in [-0.15, -0.1) is 0 Å². The van der Waals surface area contributed by atoms with E-state index in [2.05, 4.69) is 0 Å². The molecule has 0 saturated carbocycles. The summed E-state index contributed by atoms with van der Waals surface area (Å²) in [6.07, 6.45) is 2.60. The quantitative estimate of drug-likeness (QED) is 0.213. The SMILES string of the molecule is CC(C)COC(=O)CCCCCC(=O)Oc1ccc([N+](=O)[O-])cc1. The van der Waals surface area contributed by atoms with Crippen molar-refractivity contribution >= 4 is 17.6 Å². The van der Waals surface area contributed by atoms with Crippen molar-refractivity contribution in [3.8, 4) is 5.75 Å². The van der Waals surface area contributed by atoms with E-state index < -0.39 is 10.9 Å². The zero-order valence-electron chi connectivity index (χ0n) is 14.0. The molecule has 0 radical (unpaired) electrons. The first-order valence-electron chi connectivity index (χ1n) is 7.99. The van der Waals surface area contributed by atoms with Crippen molar-refractivity contribution in [1.29, 1.82) is 0 Å². The predicted molar refractivity (Wildman–Crippen MR) is 87.6 cm³/mol. The van der Waals surface area contributed by atoms with Gasteiger partial charge in [-0.05, 0) is 30.9 Å². The van der Waals surface area contributed by atoms with Crippen LogP contribution in [-0.2, 0) is 14.3 Å². The van der Waals surface area contributed by atoms with Crippen molar-refractivity contribution < 1.29 is 24.0 Å². The number of carbonyl (C=O) groups excluding carboxylic acids is 2. The number of rotatable bonds is 10. The molecule has 0 fully saturated rings. The van der Waals surface area contributed by atoms with Gasteiger partial charge < -0.3 is 9.47 Å². The molecule has 1 aromatic carbocycles. The summed E-state index contributed by atoms with van der Waals surface area (Å²) >= 11 is 0. The fourth-order valence-corrected chi connectivity index (χ4v) is 1.87. The van der Waals surface area contributed by atoms with Crippen LogP contribution >= 0.6 is 0 Å². The average Bonchev–Trinajstić information content (AvgIpc) is 2.53. The van der Waals surface area contributed by atoms with E-state index in [1.54, 1.807) is 0 Å². The van der Waals surface area contributed by atoms with E-state index in [1.165, 1.54) is 24.3 Å². The van der Waals surface area contributed by atoms with Crippen LogP contribution in [0.3, 0.4) is 0 Å². The molecular weight excluding hydrogens is 314 g/mol. The van der Waals surface area contributed by atoms with Gasteiger partial charge in [-0.1, -0.05) is 20.3 Å². The highest BCUT2D eigenvalue weighted by atomic mass is 16.6. The Kier molecular flexibility index (Phi) is 8.46. The molecule has 24 heavy (non-hydrogen) atoms. The zero-order chi connectivity index (χ0) is 17.9. The van der Waals surface area contributed by atoms with Gasteiger partial charge in [0.1, 0.15) is 5.75 Å². The van der Waals surface area contributed by atoms with Gasteiger partial charge >= 0.3 is 11.9 Å². The van der Waals surface area contributed by atoms with Gasteiger partial charge in [-0.3, -0.25) is 19.7 Å². The number of nitro benzene ring substituents is 1. The molecule has 132 valence electrons. The largest absolute Gasteiger partial charge is 0.465 e. The summed E-state index contributed by atoms with van der Waals surface area (Å²) in [5.41, 5.74) is -0.0563. The Morgan fingerprint density at radius 2 is 1.62 bits per heavy atom. The van der Waals surface area contributed by atoms with Crippen molar-refractivity contribution in [1.82, 2.24) is 0 Å². The molecule has 0 aliphatic carbocycles. The molecule has 0 aliphatic rings. The van der Waals surface area contributed by atoms with Crippen LogP contribution in [0.2, 0.25) is 0 Å². The highest BCUT2D eigenvalue weighted by molar-refractivity contribution is 5.72. The molecule has 0 N–H and O–H groups in total. The lowest BCUT2D eigenvalue weighted by molar-refractivity contribution is -0.384. The highest BCUT2D eigenvalue weighted by Crippen LogP contribution is 2.18. The third-order valence-corrected chi connectivity index (χ3v) is 3.12. The molecule has 0 bridgehead atoms. The van der Waals surface area contributed by atoms with E-state index in [0.29, 0.717) is 31.8 Å². The van der Waals surface area contributed by atoms with Gasteiger partial charge in [0.15, 0.2) is 0 Å². The normalized spacial score (nSPS) is 10.5. The Morgan fingerprint density at radius 1 is 1.04 bits per heavy atom. The minimum Gasteiger partial charge on any atom is -0.465 e. The molecule has 0 spiro atoms. The standard InChI is InChI=1S/C17H23NO6/c1-13(2)12-23-16(19)6-4-3-5-7-17(20)24-15-10-8-14(9-11-15)18(21)22/h8-11,13H,3-7,12H2,1-2H3. The second-order valence-electron chi connectivity index (χ2n) is 5.86. The zero-order valence-corrected chi connectivity index (χ0v) is 14.0. The van der Waals surface area contributed by atoms with E-state index in [1.807, 2.05) is 13.8 Å². The number of hydrogen-bond donors (Lipinski definition) is 0. The Hall–Kier alpha value is -2.44. The highest BCUT2D eigenvalue weighted by Gasteiger charge is 2.09. The topological polar surface area (TPSA) is 95.7 Å². The molecule has 0 amide bonds. The minimum absolute atomic E-state index is 0.0563. The minimum atomic E-state index is -0.516. The van der Waals surface area contributed by atoms with Crippen LogP contribution in [0.15, 0.2) is 24.3 Å². The first kappa shape index (κ1) is 19.6. The van der Waals surface area contributed by atoms with Crippen LogP contribution in [0.4, 0.5) is 5.69 Å². The molecule has 7 nitrogen and oxygen atoms in total. The van der Waals surface area contributed by atoms with Crippen LogP contribution in [0, 0.1) is 16.0 Å². The molecule has 0 saturated heterocycles. The first-order valence-corrected chi connectivity index (χ1v) is 7.99. The van der Waals surface area contributed by atoms with Crippen LogP contribution in [0.1, 0.15) is 46.0 Å². The fourth-order valence-electron chi connectivity index (χ4n) is 1.87. The molecule has 0 aliphatic heterocycles. The van der Waals surface area contributed by atoms with Crippen LogP contribution in [-0.4, -0.2) is 23.5 Å². The number of ether oxygens (including phenoxy) is 2. The maximum atomic E-state index is 11.7. The van der Waals surface area contributed by atoms with Crippen LogP contribution in [0.5, 0.6) is 5.75 Å². The molecule has 1 rings (SSSR count). The molecule has 0 aromatic heterocycles. The lowest BCUT2D eigenvalue weighted by atomic mass is 10.1. The van der Waals surface area contributed by atoms with Gasteiger partial charge in [-0.25, -0.2) is 0 Å². The third kappa shape index (κ3) is 8.26. The van der Waals surface area contributed by atoms with Crippen molar-refractivity contribution in [2.24, 2.45) is 5.92 Å². The van der Waals surface area contributed by atoms with Crippen LogP contribution < -0.4 is 4.74 Å². The Bertz CT molecular complexity index is 553. The molecule has 7 heteroatoms. The lowest BCUT2D eigenvalue weighted by Crippen LogP contribution is -2.10. The summed E-state index contributed by atoms with van der Waals surface area (Å²) in [6.45, 7) is 4.38. The summed E-state index contributed by atoms with van der Waals surface area (Å²) in [4.78, 5) is 33.1. The van der Waals surface area contributed by atoms with E-state index in [0.717, 1.165) is 6.42 Å². The number of benzene rings is 1. The third-order valence-electron chi connectivity index (χ3n) is 3.12. The summed E-state index contributed by atoms with van der Waals surface area (Å²) in [6, 6.07) is 5.35. The van der Waals surface area contributed by atoms with Crippen molar-refractivity contribution in [3.63, 3.8) is 0 Å². The summed E-state index contributed by atoms with van der Waals surface area (Å²) in [5.74, 6) is -0.00519. The van der Waals surface area contributed by atoms with Gasteiger partial charge in [0.05, 0.1) is 11.5 Å². The molecular formula is C17H23NO6. The van der Waals surface area contributed by atoms with Gasteiger partial charge in [-0.2, -0.15) is 0 Å². The fraction of sp³-hybridized carbons (Fsp3) is 0.529. The molecule has 1 aromatic rings. The second kappa shape index (κ2) is 10.4. The predicted octanol–water partition coefficient (Wildman–Crippen LogP) is 3.65. The average molecular weight is 337 g/mol. The van der Waals surface area contributed by atoms with Crippen molar-refractivity contribution in [2.45, 2.75) is 46.0 Å². The monoisotopic (exact) mass is 337 g/mol. The number of non-ortho nitro benzene ring substituents is 1. The maximum absolute atomic E-state index is 11.7. The molecule has 0 heterocycles. The maximum Gasteiger partial charge on any atom is 0.311 e. The van der Waals surface area contributed by atoms with E-state index in [-0.39, 0.29) is 23.8 Å². The Morgan fingerprint density at radius 3 is 2.17 bits per heavy atom. The van der Waals surface area contributed by atoms with Crippen molar-refractivity contribution in [3.05, 3.63) is 34.4 Å². The van der Waals surface area contributed by atoms with E-state index >= 15 is 0 Å². The Labute approximate surface area is 141 Å². The lowest BCUT2D eigenvalue weighted by Gasteiger charge is -2.07. The van der Waals surface area contributed by atoms with E-state index in [4.69, 9.17) is 9.47 Å². The Balaban J connectivity index is 2.16. The molecule has 0 unspecified atom stereocenters. The number of unbranched alkanes of at least 4 members (excludes halogenated alkanes) is 2. The summed E-state index contributed by atoms with van der Waals surface area (Å²) in [5, 5.41) is 10.5. The van der Waals surface area contributed by atoms with Crippen molar-refractivity contribution in [2.75, 3.05) is 6.61 Å². The smallest absolute Gasteiger partial charge is 0.311 e. The number of hydrogen-bond acceptors (Lipinski definition) is 6. The summed E-state index contributed by atoms with van der Waals surface area (Å²) in [7, 11) is 0. The number of carbonyl (C=O) groups is 2. The number of esters is 2. The second-order valence-corrected chi connectivity index (χ2v) is 5.86. The number of nitrogens with zero attached hydrogens (tertiary/aromatic N) is 1.